The lowest BCUT2D eigenvalue weighted by atomic mass is 10.1. The lowest BCUT2D eigenvalue weighted by Crippen LogP contribution is -2.33. The fourth-order valence-electron chi connectivity index (χ4n) is 1.95. The Morgan fingerprint density at radius 2 is 2.00 bits per heavy atom. The molecule has 1 amide bonds. The minimum atomic E-state index is -1.67. The van der Waals surface area contributed by atoms with Crippen molar-refractivity contribution in [2.45, 2.75) is 31.8 Å². The van der Waals surface area contributed by atoms with E-state index in [4.69, 9.17) is 18.8 Å². The molecule has 0 bridgehead atoms. The van der Waals surface area contributed by atoms with Crippen molar-refractivity contribution in [2.24, 2.45) is 0 Å². The molecule has 4 atom stereocenters. The van der Waals surface area contributed by atoms with Crippen molar-refractivity contribution in [1.82, 2.24) is 5.32 Å². The molecule has 0 radical (unpaired) electrons. The summed E-state index contributed by atoms with van der Waals surface area (Å²) in [6, 6.07) is 4.29. The van der Waals surface area contributed by atoms with Gasteiger partial charge in [0.2, 0.25) is 17.4 Å². The first-order chi connectivity index (χ1) is 12.3. The molecular weight excluding hydrogens is 366 g/mol. The molecule has 0 saturated carbocycles. The van der Waals surface area contributed by atoms with Gasteiger partial charge in [-0.3, -0.25) is 4.79 Å². The van der Waals surface area contributed by atoms with Gasteiger partial charge < -0.3 is 34.3 Å². The van der Waals surface area contributed by atoms with E-state index in [0.717, 1.165) is 0 Å². The molecule has 4 unspecified atom stereocenters. The number of benzene rings is 1. The highest BCUT2D eigenvalue weighted by atomic mass is 32.2. The molecule has 0 saturated heterocycles. The number of carbonyl (C=O) groups is 1. The number of aliphatic hydroxyl groups is 3. The van der Waals surface area contributed by atoms with Crippen molar-refractivity contribution in [3.63, 3.8) is 0 Å². The van der Waals surface area contributed by atoms with Gasteiger partial charge in [-0.2, -0.15) is 0 Å². The quantitative estimate of drug-likeness (QED) is 0.373. The molecule has 26 heavy (non-hydrogen) atoms. The molecule has 0 fully saturated rings. The Morgan fingerprint density at radius 3 is 2.54 bits per heavy atom. The third-order valence-electron chi connectivity index (χ3n) is 3.28. The van der Waals surface area contributed by atoms with Gasteiger partial charge in [0, 0.05) is 25.3 Å². The van der Waals surface area contributed by atoms with Crippen molar-refractivity contribution in [2.75, 3.05) is 26.5 Å². The second-order valence-corrected chi connectivity index (χ2v) is 6.38. The number of amides is 1. The SMILES string of the molecule is CNC(=O)c1ccc(OC(CC(O)C(C)O)OCCO)c(OS(C)=O)c1. The zero-order valence-electron chi connectivity index (χ0n) is 14.9. The van der Waals surface area contributed by atoms with Crippen LogP contribution < -0.4 is 14.2 Å². The number of nitrogens with one attached hydrogen (secondary N) is 1. The Balaban J connectivity index is 3.06. The molecule has 0 spiro atoms. The largest absolute Gasteiger partial charge is 0.461 e. The third kappa shape index (κ3) is 7.26. The van der Waals surface area contributed by atoms with Gasteiger partial charge in [0.05, 0.1) is 25.4 Å². The van der Waals surface area contributed by atoms with Gasteiger partial charge in [0.25, 0.3) is 5.91 Å². The maximum Gasteiger partial charge on any atom is 0.251 e. The van der Waals surface area contributed by atoms with E-state index in [0.29, 0.717) is 0 Å². The van der Waals surface area contributed by atoms with E-state index in [1.165, 1.54) is 38.4 Å². The predicted octanol–water partition coefficient (Wildman–Crippen LogP) is -0.436. The lowest BCUT2D eigenvalue weighted by Gasteiger charge is -2.24. The normalized spacial score (nSPS) is 15.6. The summed E-state index contributed by atoms with van der Waals surface area (Å²) in [6.07, 6.45) is -1.90. The highest BCUT2D eigenvalue weighted by molar-refractivity contribution is 7.79. The fraction of sp³-hybridized carbons (Fsp3) is 0.562. The molecule has 0 aliphatic heterocycles. The van der Waals surface area contributed by atoms with Crippen molar-refractivity contribution in [3.8, 4) is 11.5 Å². The van der Waals surface area contributed by atoms with Crippen molar-refractivity contribution >= 4 is 17.0 Å². The van der Waals surface area contributed by atoms with Crippen LogP contribution in [0.4, 0.5) is 0 Å². The summed E-state index contributed by atoms with van der Waals surface area (Å²) in [6.45, 7) is 1.10. The minimum Gasteiger partial charge on any atom is -0.461 e. The summed E-state index contributed by atoms with van der Waals surface area (Å²) < 4.78 is 27.6. The Morgan fingerprint density at radius 1 is 1.31 bits per heavy atom. The smallest absolute Gasteiger partial charge is 0.251 e. The first kappa shape index (κ1) is 22.3. The van der Waals surface area contributed by atoms with Gasteiger partial charge in [0.1, 0.15) is 0 Å². The number of hydrogen-bond acceptors (Lipinski definition) is 8. The molecular formula is C16H25NO8S. The van der Waals surface area contributed by atoms with E-state index in [9.17, 15) is 19.2 Å². The van der Waals surface area contributed by atoms with E-state index in [-0.39, 0.29) is 42.6 Å². The van der Waals surface area contributed by atoms with E-state index in [1.807, 2.05) is 0 Å². The first-order valence-corrected chi connectivity index (χ1v) is 9.40. The fourth-order valence-corrected chi connectivity index (χ4v) is 2.34. The number of carbonyl (C=O) groups excluding carboxylic acids is 1. The average molecular weight is 391 g/mol. The molecule has 9 nitrogen and oxygen atoms in total. The van der Waals surface area contributed by atoms with Crippen LogP contribution in [0.3, 0.4) is 0 Å². The van der Waals surface area contributed by atoms with Gasteiger partial charge in [0.15, 0.2) is 11.5 Å². The van der Waals surface area contributed by atoms with Gasteiger partial charge in [-0.05, 0) is 25.1 Å². The van der Waals surface area contributed by atoms with E-state index < -0.39 is 29.6 Å². The highest BCUT2D eigenvalue weighted by Crippen LogP contribution is 2.31. The van der Waals surface area contributed by atoms with Crippen molar-refractivity contribution in [1.29, 1.82) is 0 Å². The molecule has 1 aromatic rings. The lowest BCUT2D eigenvalue weighted by molar-refractivity contribution is -0.121. The minimum absolute atomic E-state index is 0.0519. The van der Waals surface area contributed by atoms with Crippen molar-refractivity contribution in [3.05, 3.63) is 23.8 Å². The number of aliphatic hydroxyl groups excluding tert-OH is 3. The Bertz CT molecular complexity index is 610. The summed E-state index contributed by atoms with van der Waals surface area (Å²) >= 11 is -1.67. The van der Waals surface area contributed by atoms with Gasteiger partial charge >= 0.3 is 0 Å². The molecule has 10 heteroatoms. The van der Waals surface area contributed by atoms with Crippen LogP contribution in [0.15, 0.2) is 18.2 Å². The topological polar surface area (TPSA) is 135 Å². The van der Waals surface area contributed by atoms with Gasteiger partial charge in [-0.1, -0.05) is 0 Å². The molecule has 1 rings (SSSR count). The standard InChI is InChI=1S/C16H25NO8S/c1-10(19)12(20)9-15(23-7-6-18)24-13-5-4-11(16(21)17-2)8-14(13)25-26(3)22/h4-5,8,10,12,15,18-20H,6-7,9H2,1-3H3,(H,17,21). The van der Waals surface area contributed by atoms with Crippen LogP contribution in [0.2, 0.25) is 0 Å². The van der Waals surface area contributed by atoms with Crippen LogP contribution in [-0.4, -0.2) is 70.5 Å². The zero-order valence-corrected chi connectivity index (χ0v) is 15.7. The second kappa shape index (κ2) is 11.1. The predicted molar refractivity (Wildman–Crippen MR) is 94.3 cm³/mol. The average Bonchev–Trinajstić information content (AvgIpc) is 2.59. The molecule has 0 aliphatic rings. The number of ether oxygens (including phenoxy) is 2. The Kier molecular flexibility index (Phi) is 9.52. The van der Waals surface area contributed by atoms with Crippen LogP contribution >= 0.6 is 0 Å². The monoisotopic (exact) mass is 391 g/mol. The number of rotatable bonds is 11. The highest BCUT2D eigenvalue weighted by Gasteiger charge is 2.22. The molecule has 4 N–H and O–H groups in total. The van der Waals surface area contributed by atoms with Gasteiger partial charge in [-0.15, -0.1) is 0 Å². The van der Waals surface area contributed by atoms with E-state index in [2.05, 4.69) is 5.32 Å². The summed E-state index contributed by atoms with van der Waals surface area (Å²) in [5, 5.41) is 30.7. The summed E-state index contributed by atoms with van der Waals surface area (Å²) in [7, 11) is 1.47. The van der Waals surface area contributed by atoms with Crippen LogP contribution in [0.5, 0.6) is 11.5 Å². The van der Waals surface area contributed by atoms with E-state index in [1.54, 1.807) is 0 Å². The Hall–Kier alpha value is -1.72. The molecule has 0 aliphatic carbocycles. The zero-order chi connectivity index (χ0) is 19.7. The van der Waals surface area contributed by atoms with Crippen LogP contribution in [0, 0.1) is 0 Å². The number of hydrogen-bond donors (Lipinski definition) is 4. The Labute approximate surface area is 154 Å². The van der Waals surface area contributed by atoms with Crippen LogP contribution in [-0.2, 0) is 15.8 Å². The summed E-state index contributed by atoms with van der Waals surface area (Å²) in [5.74, 6) is -0.175. The maximum atomic E-state index is 11.8. The van der Waals surface area contributed by atoms with E-state index >= 15 is 0 Å². The molecule has 148 valence electrons. The summed E-state index contributed by atoms with van der Waals surface area (Å²) in [4.78, 5) is 11.8. The third-order valence-corrected chi connectivity index (χ3v) is 3.70. The van der Waals surface area contributed by atoms with Gasteiger partial charge in [-0.25, -0.2) is 4.21 Å². The van der Waals surface area contributed by atoms with Crippen molar-refractivity contribution < 1.29 is 38.0 Å². The molecule has 0 aromatic heterocycles. The van der Waals surface area contributed by atoms with Crippen LogP contribution in [0.1, 0.15) is 23.7 Å². The first-order valence-electron chi connectivity index (χ1n) is 7.91. The van der Waals surface area contributed by atoms with Crippen LogP contribution in [0.25, 0.3) is 0 Å². The molecule has 0 heterocycles. The summed E-state index contributed by atoms with van der Waals surface area (Å²) in [5.41, 5.74) is 0.275. The second-order valence-electron chi connectivity index (χ2n) is 5.41. The molecule has 1 aromatic carbocycles. The maximum absolute atomic E-state index is 11.8.